The Hall–Kier alpha value is -2.00. The maximum absolute atomic E-state index is 6.22. The van der Waals surface area contributed by atoms with Gasteiger partial charge in [0.05, 0.1) is 6.61 Å². The average Bonchev–Trinajstić information content (AvgIpc) is 2.49. The van der Waals surface area contributed by atoms with Crippen molar-refractivity contribution in [1.29, 1.82) is 0 Å². The van der Waals surface area contributed by atoms with Gasteiger partial charge in [-0.3, -0.25) is 0 Å². The van der Waals surface area contributed by atoms with E-state index in [9.17, 15) is 0 Å². The molecule has 2 N–H and O–H groups in total. The van der Waals surface area contributed by atoms with Crippen LogP contribution in [0.25, 0.3) is 0 Å². The molecular weight excluding hydrogens is 260 g/mol. The fraction of sp³-hybridized carbons (Fsp3) is 0.333. The van der Waals surface area contributed by atoms with Crippen molar-refractivity contribution in [3.63, 3.8) is 0 Å². The maximum atomic E-state index is 6.22. The zero-order valence-electron chi connectivity index (χ0n) is 12.5. The highest BCUT2D eigenvalue weighted by Gasteiger charge is 2.22. The van der Waals surface area contributed by atoms with E-state index in [2.05, 4.69) is 41.3 Å². The summed E-state index contributed by atoms with van der Waals surface area (Å²) in [5.41, 5.74) is 10.1. The van der Waals surface area contributed by atoms with Crippen molar-refractivity contribution >= 4 is 5.69 Å². The molecule has 1 heterocycles. The van der Waals surface area contributed by atoms with E-state index in [1.54, 1.807) is 0 Å². The van der Waals surface area contributed by atoms with Crippen molar-refractivity contribution in [2.45, 2.75) is 25.9 Å². The Kier molecular flexibility index (Phi) is 4.11. The second-order valence-corrected chi connectivity index (χ2v) is 5.51. The third kappa shape index (κ3) is 3.03. The molecule has 0 spiro atoms. The van der Waals surface area contributed by atoms with E-state index in [4.69, 9.17) is 10.5 Å². The molecule has 110 valence electrons. The molecule has 1 atom stereocenters. The van der Waals surface area contributed by atoms with Gasteiger partial charge in [-0.05, 0) is 31.0 Å². The average molecular weight is 282 g/mol. The summed E-state index contributed by atoms with van der Waals surface area (Å²) in [6, 6.07) is 17.0. The Balaban J connectivity index is 1.88. The molecule has 3 rings (SSSR count). The summed E-state index contributed by atoms with van der Waals surface area (Å²) in [6.45, 7) is 4.42. The lowest BCUT2D eigenvalue weighted by Gasteiger charge is -2.35. The first-order valence-corrected chi connectivity index (χ1v) is 7.57. The van der Waals surface area contributed by atoms with Crippen LogP contribution in [0.3, 0.4) is 0 Å². The van der Waals surface area contributed by atoms with Crippen LogP contribution in [0.15, 0.2) is 48.5 Å². The lowest BCUT2D eigenvalue weighted by Crippen LogP contribution is -2.42. The molecule has 1 unspecified atom stereocenters. The van der Waals surface area contributed by atoms with Crippen LogP contribution in [0.4, 0.5) is 5.69 Å². The molecule has 0 saturated heterocycles. The van der Waals surface area contributed by atoms with Gasteiger partial charge in [0.25, 0.3) is 0 Å². The first kappa shape index (κ1) is 14.0. The zero-order chi connectivity index (χ0) is 14.7. The lowest BCUT2D eigenvalue weighted by atomic mass is 9.98. The van der Waals surface area contributed by atoms with Crippen LogP contribution in [-0.2, 0) is 13.0 Å². The van der Waals surface area contributed by atoms with Gasteiger partial charge in [0, 0.05) is 30.4 Å². The quantitative estimate of drug-likeness (QED) is 0.937. The van der Waals surface area contributed by atoms with Crippen LogP contribution in [0, 0.1) is 0 Å². The Morgan fingerprint density at radius 1 is 1.14 bits per heavy atom. The largest absolute Gasteiger partial charge is 0.494 e. The minimum absolute atomic E-state index is 0.194. The molecule has 0 radical (unpaired) electrons. The van der Waals surface area contributed by atoms with E-state index in [1.165, 1.54) is 16.8 Å². The second kappa shape index (κ2) is 6.19. The third-order valence-corrected chi connectivity index (χ3v) is 3.90. The first-order valence-electron chi connectivity index (χ1n) is 7.57. The number of ether oxygens (including phenoxy) is 1. The smallest absolute Gasteiger partial charge is 0.124 e. The summed E-state index contributed by atoms with van der Waals surface area (Å²) in [5, 5.41) is 0. The van der Waals surface area contributed by atoms with Crippen molar-refractivity contribution in [2.75, 3.05) is 18.1 Å². The first-order chi connectivity index (χ1) is 10.3. The summed E-state index contributed by atoms with van der Waals surface area (Å²) in [5.74, 6) is 0.969. The van der Waals surface area contributed by atoms with Crippen molar-refractivity contribution < 1.29 is 4.74 Å². The number of hydrogen-bond donors (Lipinski definition) is 1. The topological polar surface area (TPSA) is 38.5 Å². The molecule has 2 aromatic carbocycles. The SMILES string of the molecule is CCOc1ccccc1CN1CC(N)Cc2ccccc21. The van der Waals surface area contributed by atoms with E-state index in [0.717, 1.165) is 25.3 Å². The molecule has 0 aromatic heterocycles. The molecule has 0 saturated carbocycles. The van der Waals surface area contributed by atoms with Crippen LogP contribution < -0.4 is 15.4 Å². The molecule has 3 heteroatoms. The summed E-state index contributed by atoms with van der Waals surface area (Å²) < 4.78 is 5.74. The highest BCUT2D eigenvalue weighted by molar-refractivity contribution is 5.57. The Labute approximate surface area is 126 Å². The predicted octanol–water partition coefficient (Wildman–Crippen LogP) is 2.98. The monoisotopic (exact) mass is 282 g/mol. The van der Waals surface area contributed by atoms with E-state index in [-0.39, 0.29) is 6.04 Å². The molecule has 21 heavy (non-hydrogen) atoms. The van der Waals surface area contributed by atoms with E-state index in [1.807, 2.05) is 19.1 Å². The van der Waals surface area contributed by atoms with Crippen LogP contribution in [0.5, 0.6) is 5.75 Å². The summed E-state index contributed by atoms with van der Waals surface area (Å²) in [7, 11) is 0. The number of nitrogens with zero attached hydrogens (tertiary/aromatic N) is 1. The summed E-state index contributed by atoms with van der Waals surface area (Å²) >= 11 is 0. The molecule has 1 aliphatic heterocycles. The third-order valence-electron chi connectivity index (χ3n) is 3.90. The molecule has 0 bridgehead atoms. The standard InChI is InChI=1S/C18H22N2O/c1-2-21-18-10-6-4-8-15(18)12-20-13-16(19)11-14-7-3-5-9-17(14)20/h3-10,16H,2,11-13,19H2,1H3. The van der Waals surface area contributed by atoms with Gasteiger partial charge < -0.3 is 15.4 Å². The van der Waals surface area contributed by atoms with Crippen molar-refractivity contribution in [3.05, 3.63) is 59.7 Å². The maximum Gasteiger partial charge on any atom is 0.124 e. The van der Waals surface area contributed by atoms with Crippen LogP contribution >= 0.6 is 0 Å². The Bertz CT molecular complexity index is 612. The number of anilines is 1. The molecule has 0 fully saturated rings. The minimum atomic E-state index is 0.194. The zero-order valence-corrected chi connectivity index (χ0v) is 12.5. The van der Waals surface area contributed by atoms with Gasteiger partial charge in [0.2, 0.25) is 0 Å². The van der Waals surface area contributed by atoms with Gasteiger partial charge in [-0.15, -0.1) is 0 Å². The number of benzene rings is 2. The molecular formula is C18H22N2O. The molecule has 2 aromatic rings. The molecule has 0 aliphatic carbocycles. The molecule has 0 amide bonds. The fourth-order valence-corrected chi connectivity index (χ4v) is 3.01. The van der Waals surface area contributed by atoms with Crippen molar-refractivity contribution in [3.8, 4) is 5.75 Å². The second-order valence-electron chi connectivity index (χ2n) is 5.51. The van der Waals surface area contributed by atoms with Gasteiger partial charge >= 0.3 is 0 Å². The normalized spacial score (nSPS) is 17.4. The van der Waals surface area contributed by atoms with Gasteiger partial charge in [0.1, 0.15) is 5.75 Å². The van der Waals surface area contributed by atoms with Crippen LogP contribution in [0.2, 0.25) is 0 Å². The molecule has 3 nitrogen and oxygen atoms in total. The lowest BCUT2D eigenvalue weighted by molar-refractivity contribution is 0.336. The van der Waals surface area contributed by atoms with E-state index in [0.29, 0.717) is 6.61 Å². The van der Waals surface area contributed by atoms with Crippen molar-refractivity contribution in [2.24, 2.45) is 5.73 Å². The van der Waals surface area contributed by atoms with Crippen LogP contribution in [0.1, 0.15) is 18.1 Å². The Morgan fingerprint density at radius 3 is 2.76 bits per heavy atom. The number of nitrogens with two attached hydrogens (primary N) is 1. The van der Waals surface area contributed by atoms with Gasteiger partial charge in [0.15, 0.2) is 0 Å². The summed E-state index contributed by atoms with van der Waals surface area (Å²) in [4.78, 5) is 2.36. The number of para-hydroxylation sites is 2. The Morgan fingerprint density at radius 2 is 1.90 bits per heavy atom. The fourth-order valence-electron chi connectivity index (χ4n) is 3.01. The predicted molar refractivity (Wildman–Crippen MR) is 86.8 cm³/mol. The van der Waals surface area contributed by atoms with E-state index >= 15 is 0 Å². The number of rotatable bonds is 4. The molecule has 1 aliphatic rings. The highest BCUT2D eigenvalue weighted by atomic mass is 16.5. The van der Waals surface area contributed by atoms with Gasteiger partial charge in [-0.2, -0.15) is 0 Å². The van der Waals surface area contributed by atoms with Gasteiger partial charge in [-0.1, -0.05) is 36.4 Å². The van der Waals surface area contributed by atoms with Crippen molar-refractivity contribution in [1.82, 2.24) is 0 Å². The highest BCUT2D eigenvalue weighted by Crippen LogP contribution is 2.29. The van der Waals surface area contributed by atoms with E-state index < -0.39 is 0 Å². The number of hydrogen-bond acceptors (Lipinski definition) is 3. The van der Waals surface area contributed by atoms with Crippen LogP contribution in [-0.4, -0.2) is 19.2 Å². The number of fused-ring (bicyclic) bond motifs is 1. The van der Waals surface area contributed by atoms with Gasteiger partial charge in [-0.25, -0.2) is 0 Å². The summed E-state index contributed by atoms with van der Waals surface area (Å²) in [6.07, 6.45) is 0.958. The minimum Gasteiger partial charge on any atom is -0.494 e.